The Balaban J connectivity index is 1.70. The molecule has 0 saturated carbocycles. The average molecular weight is 609 g/mol. The van der Waals surface area contributed by atoms with Gasteiger partial charge in [-0.1, -0.05) is 39.7 Å². The van der Waals surface area contributed by atoms with Crippen molar-refractivity contribution in [3.63, 3.8) is 0 Å². The average Bonchev–Trinajstić information content (AvgIpc) is 2.78. The third-order valence-electron chi connectivity index (χ3n) is 4.82. The molecule has 1 aliphatic rings. The molecule has 1 aliphatic heterocycles. The molecule has 3 aromatic carbocycles. The molecule has 0 bridgehead atoms. The molecule has 4 amide bonds. The molecule has 34 heavy (non-hydrogen) atoms. The van der Waals surface area contributed by atoms with Crippen LogP contribution in [0.1, 0.15) is 11.1 Å². The zero-order chi connectivity index (χ0) is 24.4. The zero-order valence-electron chi connectivity index (χ0n) is 17.2. The summed E-state index contributed by atoms with van der Waals surface area (Å²) in [5.41, 5.74) is 1.11. The van der Waals surface area contributed by atoms with Gasteiger partial charge in [0.2, 0.25) is 0 Å². The Hall–Kier alpha value is -3.01. The monoisotopic (exact) mass is 606 g/mol. The van der Waals surface area contributed by atoms with Crippen molar-refractivity contribution in [1.82, 2.24) is 5.32 Å². The lowest BCUT2D eigenvalue weighted by Gasteiger charge is -2.26. The molecule has 0 atom stereocenters. The molecule has 1 heterocycles. The third-order valence-corrected chi connectivity index (χ3v) is 6.12. The number of urea groups is 1. The lowest BCUT2D eigenvalue weighted by atomic mass is 10.1. The number of ether oxygens (including phenoxy) is 1. The van der Waals surface area contributed by atoms with Crippen molar-refractivity contribution < 1.29 is 23.5 Å². The van der Waals surface area contributed by atoms with E-state index in [1.165, 1.54) is 18.2 Å². The number of anilines is 1. The van der Waals surface area contributed by atoms with Crippen LogP contribution in [0.2, 0.25) is 5.02 Å². The predicted octanol–water partition coefficient (Wildman–Crippen LogP) is 6.25. The number of nitrogens with zero attached hydrogens (tertiary/aromatic N) is 1. The Kier molecular flexibility index (Phi) is 7.16. The van der Waals surface area contributed by atoms with Crippen LogP contribution in [-0.2, 0) is 16.2 Å². The maximum Gasteiger partial charge on any atom is 0.335 e. The quantitative estimate of drug-likeness (QED) is 0.275. The number of hydrogen-bond donors (Lipinski definition) is 1. The largest absolute Gasteiger partial charge is 0.487 e. The van der Waals surface area contributed by atoms with E-state index in [-0.39, 0.29) is 17.9 Å². The van der Waals surface area contributed by atoms with E-state index >= 15 is 0 Å². The van der Waals surface area contributed by atoms with E-state index in [0.717, 1.165) is 22.6 Å². The van der Waals surface area contributed by atoms with E-state index < -0.39 is 23.7 Å². The molecular weight excluding hydrogens is 595 g/mol. The fourth-order valence-corrected chi connectivity index (χ4v) is 4.71. The Labute approximate surface area is 215 Å². The van der Waals surface area contributed by atoms with Gasteiger partial charge in [-0.05, 0) is 76.1 Å². The summed E-state index contributed by atoms with van der Waals surface area (Å²) in [6, 6.07) is 14.4. The third kappa shape index (κ3) is 5.22. The fraction of sp³-hybridized carbons (Fsp3) is 0.0417. The second kappa shape index (κ2) is 10.1. The number of carbonyl (C=O) groups is 3. The van der Waals surface area contributed by atoms with E-state index in [9.17, 15) is 18.8 Å². The molecular formula is C24H14Br2ClFN2O4. The van der Waals surface area contributed by atoms with Crippen molar-refractivity contribution in [2.24, 2.45) is 0 Å². The molecule has 0 aliphatic carbocycles. The number of rotatable bonds is 5. The summed E-state index contributed by atoms with van der Waals surface area (Å²) in [7, 11) is 0. The molecule has 10 heteroatoms. The first-order chi connectivity index (χ1) is 16.2. The second-order valence-corrected chi connectivity index (χ2v) is 9.36. The van der Waals surface area contributed by atoms with Crippen molar-refractivity contribution in [2.75, 3.05) is 4.90 Å². The highest BCUT2D eigenvalue weighted by atomic mass is 79.9. The van der Waals surface area contributed by atoms with Crippen molar-refractivity contribution in [1.29, 1.82) is 0 Å². The van der Waals surface area contributed by atoms with Crippen LogP contribution >= 0.6 is 43.5 Å². The summed E-state index contributed by atoms with van der Waals surface area (Å²) in [6.07, 6.45) is 1.34. The van der Waals surface area contributed by atoms with E-state index in [2.05, 4.69) is 37.2 Å². The molecule has 0 radical (unpaired) electrons. The predicted molar refractivity (Wildman–Crippen MR) is 133 cm³/mol. The van der Waals surface area contributed by atoms with Gasteiger partial charge in [-0.2, -0.15) is 0 Å². The molecule has 1 N–H and O–H groups in total. The van der Waals surface area contributed by atoms with Crippen LogP contribution in [-0.4, -0.2) is 17.8 Å². The molecule has 1 saturated heterocycles. The molecule has 0 aromatic heterocycles. The van der Waals surface area contributed by atoms with Gasteiger partial charge >= 0.3 is 6.03 Å². The maximum absolute atomic E-state index is 13.3. The summed E-state index contributed by atoms with van der Waals surface area (Å²) in [5.74, 6) is -1.84. The fourth-order valence-electron chi connectivity index (χ4n) is 3.21. The SMILES string of the molecule is O=C1NC(=O)N(c2ccc(F)cc2)C(=O)/C1=C/c1cc(Br)cc(Br)c1OCc1ccc(Cl)cc1. The number of halogens is 4. The summed E-state index contributed by atoms with van der Waals surface area (Å²) in [4.78, 5) is 38.8. The maximum atomic E-state index is 13.3. The van der Waals surface area contributed by atoms with Gasteiger partial charge in [-0.15, -0.1) is 0 Å². The van der Waals surface area contributed by atoms with Gasteiger partial charge in [0, 0.05) is 15.1 Å². The minimum Gasteiger partial charge on any atom is -0.487 e. The summed E-state index contributed by atoms with van der Waals surface area (Å²) in [6.45, 7) is 0.202. The summed E-state index contributed by atoms with van der Waals surface area (Å²) in [5, 5.41) is 2.74. The van der Waals surface area contributed by atoms with Gasteiger partial charge < -0.3 is 4.74 Å². The lowest BCUT2D eigenvalue weighted by molar-refractivity contribution is -0.122. The van der Waals surface area contributed by atoms with Gasteiger partial charge in [-0.3, -0.25) is 14.9 Å². The zero-order valence-corrected chi connectivity index (χ0v) is 21.1. The highest BCUT2D eigenvalue weighted by molar-refractivity contribution is 9.11. The van der Waals surface area contributed by atoms with Gasteiger partial charge in [0.15, 0.2) is 0 Å². The molecule has 3 aromatic rings. The van der Waals surface area contributed by atoms with Crippen LogP contribution in [0, 0.1) is 5.82 Å². The van der Waals surface area contributed by atoms with Crippen LogP contribution in [0.4, 0.5) is 14.9 Å². The van der Waals surface area contributed by atoms with Gasteiger partial charge in [-0.25, -0.2) is 14.1 Å². The first-order valence-electron chi connectivity index (χ1n) is 9.76. The molecule has 1 fully saturated rings. The Bertz CT molecular complexity index is 1330. The number of hydrogen-bond acceptors (Lipinski definition) is 4. The van der Waals surface area contributed by atoms with E-state index in [1.807, 2.05) is 12.1 Å². The van der Waals surface area contributed by atoms with Gasteiger partial charge in [0.1, 0.15) is 23.7 Å². The van der Waals surface area contributed by atoms with Gasteiger partial charge in [0.05, 0.1) is 10.2 Å². The van der Waals surface area contributed by atoms with Crippen LogP contribution in [0.25, 0.3) is 6.08 Å². The number of imide groups is 2. The lowest BCUT2D eigenvalue weighted by Crippen LogP contribution is -2.54. The summed E-state index contributed by atoms with van der Waals surface area (Å²) < 4.78 is 20.5. The second-order valence-electron chi connectivity index (χ2n) is 7.16. The number of nitrogens with one attached hydrogen (secondary N) is 1. The molecule has 4 rings (SSSR count). The highest BCUT2D eigenvalue weighted by Gasteiger charge is 2.37. The standard InChI is InChI=1S/C24H14Br2ClFN2O4/c25-15-9-14(21(20(26)11-15)34-12-13-1-3-16(27)4-2-13)10-19-22(31)29-24(33)30(23(19)32)18-7-5-17(28)6-8-18/h1-11H,12H2,(H,29,31,33)/b19-10+. The van der Waals surface area contributed by atoms with Crippen molar-refractivity contribution in [2.45, 2.75) is 6.61 Å². The molecule has 0 unspecified atom stereocenters. The Morgan fingerprint density at radius 3 is 2.35 bits per heavy atom. The van der Waals surface area contributed by atoms with E-state index in [1.54, 1.807) is 24.3 Å². The topological polar surface area (TPSA) is 75.7 Å². The number of barbiturate groups is 1. The smallest absolute Gasteiger partial charge is 0.335 e. The molecule has 0 spiro atoms. The van der Waals surface area contributed by atoms with E-state index in [4.69, 9.17) is 16.3 Å². The minimum absolute atomic E-state index is 0.122. The van der Waals surface area contributed by atoms with E-state index in [0.29, 0.717) is 25.3 Å². The highest BCUT2D eigenvalue weighted by Crippen LogP contribution is 2.35. The van der Waals surface area contributed by atoms with Crippen LogP contribution in [0.3, 0.4) is 0 Å². The number of benzene rings is 3. The number of carbonyl (C=O) groups excluding carboxylic acids is 3. The van der Waals surface area contributed by atoms with Gasteiger partial charge in [0.25, 0.3) is 11.8 Å². The molecule has 6 nitrogen and oxygen atoms in total. The normalized spacial score (nSPS) is 15.0. The minimum atomic E-state index is -0.923. The van der Waals surface area contributed by atoms with Crippen molar-refractivity contribution in [3.8, 4) is 5.75 Å². The Morgan fingerprint density at radius 1 is 1.00 bits per heavy atom. The first kappa shape index (κ1) is 24.1. The Morgan fingerprint density at radius 2 is 1.68 bits per heavy atom. The van der Waals surface area contributed by atoms with Crippen LogP contribution in [0.5, 0.6) is 5.75 Å². The molecule has 172 valence electrons. The first-order valence-corrected chi connectivity index (χ1v) is 11.7. The van der Waals surface area contributed by atoms with Crippen molar-refractivity contribution in [3.05, 3.63) is 97.1 Å². The summed E-state index contributed by atoms with van der Waals surface area (Å²) >= 11 is 12.8. The van der Waals surface area contributed by atoms with Crippen LogP contribution in [0.15, 0.2) is 75.2 Å². The van der Waals surface area contributed by atoms with Crippen LogP contribution < -0.4 is 15.0 Å². The van der Waals surface area contributed by atoms with Crippen molar-refractivity contribution >= 4 is 73.1 Å². The number of amides is 4.